The molecule has 0 amide bonds. The average Bonchev–Trinajstić information content (AvgIpc) is 3.14. The summed E-state index contributed by atoms with van der Waals surface area (Å²) in [5.74, 6) is -1.25. The lowest BCUT2D eigenvalue weighted by atomic mass is 10.0. The first kappa shape index (κ1) is 17.3. The predicted molar refractivity (Wildman–Crippen MR) is 96.7 cm³/mol. The molecule has 1 aliphatic carbocycles. The molecule has 1 aliphatic rings. The van der Waals surface area contributed by atoms with Crippen molar-refractivity contribution in [2.75, 3.05) is 7.11 Å². The molecule has 0 saturated heterocycles. The van der Waals surface area contributed by atoms with E-state index in [9.17, 15) is 10.1 Å². The van der Waals surface area contributed by atoms with Crippen molar-refractivity contribution in [3.63, 3.8) is 0 Å². The molecule has 4 rings (SSSR count). The number of rotatable bonds is 4. The minimum absolute atomic E-state index is 0.110. The first-order chi connectivity index (χ1) is 13.1. The van der Waals surface area contributed by atoms with Gasteiger partial charge in [-0.1, -0.05) is 41.9 Å². The zero-order valence-electron chi connectivity index (χ0n) is 14.3. The maximum atomic E-state index is 12.4. The summed E-state index contributed by atoms with van der Waals surface area (Å²) in [5, 5.41) is 18.7. The Morgan fingerprint density at radius 2 is 1.89 bits per heavy atom. The van der Waals surface area contributed by atoms with Gasteiger partial charge >= 0.3 is 5.97 Å². The zero-order chi connectivity index (χ0) is 19.0. The van der Waals surface area contributed by atoms with Gasteiger partial charge in [0, 0.05) is 16.5 Å². The maximum Gasteiger partial charge on any atom is 0.311 e. The van der Waals surface area contributed by atoms with Crippen LogP contribution in [0.25, 0.3) is 11.5 Å². The normalized spacial score (nSPS) is 23.4. The fourth-order valence-corrected chi connectivity index (χ4v) is 3.63. The Balaban J connectivity index is 1.78. The molecule has 3 aromatic rings. The summed E-state index contributed by atoms with van der Waals surface area (Å²) >= 11 is 5.96. The highest BCUT2D eigenvalue weighted by molar-refractivity contribution is 6.30. The number of carbonyl (C=O) groups excluding carboxylic acids is 1. The smallest absolute Gasteiger partial charge is 0.311 e. The summed E-state index contributed by atoms with van der Waals surface area (Å²) in [6, 6.07) is 18.5. The monoisotopic (exact) mass is 379 g/mol. The Morgan fingerprint density at radius 1 is 1.19 bits per heavy atom. The highest BCUT2D eigenvalue weighted by Crippen LogP contribution is 2.65. The number of aromatic nitrogens is 2. The van der Waals surface area contributed by atoms with Crippen molar-refractivity contribution in [2.24, 2.45) is 5.92 Å². The van der Waals surface area contributed by atoms with Crippen LogP contribution in [0.2, 0.25) is 5.02 Å². The van der Waals surface area contributed by atoms with Crippen LogP contribution in [0.4, 0.5) is 0 Å². The minimum atomic E-state index is -1.26. The van der Waals surface area contributed by atoms with Gasteiger partial charge in [0.15, 0.2) is 5.41 Å². The first-order valence-electron chi connectivity index (χ1n) is 8.25. The first-order valence-corrected chi connectivity index (χ1v) is 8.63. The molecule has 134 valence electrons. The van der Waals surface area contributed by atoms with Crippen molar-refractivity contribution in [3.05, 3.63) is 71.1 Å². The van der Waals surface area contributed by atoms with Gasteiger partial charge in [0.25, 0.3) is 0 Å². The summed E-state index contributed by atoms with van der Waals surface area (Å²) in [5.41, 5.74) is 0.263. The number of carbonyl (C=O) groups is 1. The number of esters is 1. The number of halogens is 1. The highest BCUT2D eigenvalue weighted by atomic mass is 35.5. The molecule has 0 aliphatic heterocycles. The predicted octanol–water partition coefficient (Wildman–Crippen LogP) is 3.74. The Hall–Kier alpha value is -3.17. The Kier molecular flexibility index (Phi) is 4.17. The number of benzene rings is 2. The number of nitriles is 1. The molecule has 3 atom stereocenters. The fraction of sp³-hybridized carbons (Fsp3) is 0.200. The molecular weight excluding hydrogens is 366 g/mol. The van der Waals surface area contributed by atoms with E-state index in [0.29, 0.717) is 10.9 Å². The molecule has 0 radical (unpaired) electrons. The van der Waals surface area contributed by atoms with Crippen LogP contribution < -0.4 is 0 Å². The summed E-state index contributed by atoms with van der Waals surface area (Å²) in [4.78, 5) is 12.4. The van der Waals surface area contributed by atoms with E-state index in [1.807, 2.05) is 30.3 Å². The largest absolute Gasteiger partial charge is 0.469 e. The van der Waals surface area contributed by atoms with Gasteiger partial charge in [-0.25, -0.2) is 0 Å². The van der Waals surface area contributed by atoms with E-state index in [0.717, 1.165) is 11.1 Å². The van der Waals surface area contributed by atoms with Gasteiger partial charge in [0.2, 0.25) is 11.8 Å². The van der Waals surface area contributed by atoms with Gasteiger partial charge in [-0.3, -0.25) is 4.79 Å². The molecule has 7 heteroatoms. The third-order valence-corrected chi connectivity index (χ3v) is 5.13. The quantitative estimate of drug-likeness (QED) is 0.641. The van der Waals surface area contributed by atoms with Crippen LogP contribution in [0.1, 0.15) is 17.4 Å². The van der Waals surface area contributed by atoms with E-state index in [1.54, 1.807) is 24.3 Å². The molecule has 1 heterocycles. The van der Waals surface area contributed by atoms with Gasteiger partial charge in [-0.2, -0.15) is 5.26 Å². The van der Waals surface area contributed by atoms with Crippen LogP contribution in [0.5, 0.6) is 0 Å². The van der Waals surface area contributed by atoms with Crippen molar-refractivity contribution in [1.82, 2.24) is 10.2 Å². The van der Waals surface area contributed by atoms with Gasteiger partial charge in [-0.05, 0) is 29.8 Å². The molecule has 0 spiro atoms. The Labute approximate surface area is 160 Å². The van der Waals surface area contributed by atoms with Gasteiger partial charge < -0.3 is 9.15 Å². The van der Waals surface area contributed by atoms with Crippen LogP contribution in [0.15, 0.2) is 59.0 Å². The van der Waals surface area contributed by atoms with E-state index in [-0.39, 0.29) is 5.89 Å². The van der Waals surface area contributed by atoms with E-state index in [4.69, 9.17) is 20.8 Å². The van der Waals surface area contributed by atoms with Crippen LogP contribution in [0, 0.1) is 17.2 Å². The summed E-state index contributed by atoms with van der Waals surface area (Å²) in [6.07, 6.45) is 0. The number of methoxy groups -OCH3 is 1. The number of nitrogens with zero attached hydrogens (tertiary/aromatic N) is 3. The lowest BCUT2D eigenvalue weighted by molar-refractivity contribution is -0.142. The van der Waals surface area contributed by atoms with Crippen molar-refractivity contribution in [1.29, 1.82) is 5.26 Å². The third-order valence-electron chi connectivity index (χ3n) is 4.87. The van der Waals surface area contributed by atoms with Crippen molar-refractivity contribution in [3.8, 4) is 17.5 Å². The second-order valence-corrected chi connectivity index (χ2v) is 6.73. The summed E-state index contributed by atoms with van der Waals surface area (Å²) in [6.45, 7) is 0. The van der Waals surface area contributed by atoms with Crippen LogP contribution >= 0.6 is 11.6 Å². The number of ether oxygens (including phenoxy) is 1. The summed E-state index contributed by atoms with van der Waals surface area (Å²) < 4.78 is 10.7. The zero-order valence-corrected chi connectivity index (χ0v) is 15.1. The Morgan fingerprint density at radius 3 is 2.52 bits per heavy atom. The molecule has 27 heavy (non-hydrogen) atoms. The van der Waals surface area contributed by atoms with Gasteiger partial charge in [0.05, 0.1) is 19.1 Å². The van der Waals surface area contributed by atoms with Gasteiger partial charge in [0.1, 0.15) is 0 Å². The number of hydrogen-bond acceptors (Lipinski definition) is 6. The number of hydrogen-bond donors (Lipinski definition) is 0. The van der Waals surface area contributed by atoms with E-state index < -0.39 is 23.2 Å². The molecule has 6 nitrogen and oxygen atoms in total. The highest BCUT2D eigenvalue weighted by Gasteiger charge is 2.74. The summed E-state index contributed by atoms with van der Waals surface area (Å²) in [7, 11) is 1.30. The van der Waals surface area contributed by atoms with E-state index in [2.05, 4.69) is 16.3 Å². The lowest BCUT2D eigenvalue weighted by Crippen LogP contribution is -2.15. The maximum absolute atomic E-state index is 12.4. The third kappa shape index (κ3) is 2.68. The molecule has 1 saturated carbocycles. The second kappa shape index (κ2) is 6.53. The lowest BCUT2D eigenvalue weighted by Gasteiger charge is -2.03. The molecule has 0 unspecified atom stereocenters. The molecule has 0 bridgehead atoms. The van der Waals surface area contributed by atoms with Crippen molar-refractivity contribution >= 4 is 17.6 Å². The topological polar surface area (TPSA) is 89.0 Å². The van der Waals surface area contributed by atoms with Crippen LogP contribution in [0.3, 0.4) is 0 Å². The van der Waals surface area contributed by atoms with Crippen molar-refractivity contribution < 1.29 is 13.9 Å². The average molecular weight is 380 g/mol. The molecule has 1 fully saturated rings. The molecular formula is C20H14ClN3O3. The van der Waals surface area contributed by atoms with E-state index >= 15 is 0 Å². The van der Waals surface area contributed by atoms with Crippen LogP contribution in [-0.4, -0.2) is 23.3 Å². The van der Waals surface area contributed by atoms with Gasteiger partial charge in [-0.15, -0.1) is 10.2 Å². The second-order valence-electron chi connectivity index (χ2n) is 6.29. The SMILES string of the molecule is COC(=O)[C@@H]1[C@@H](c2ccc(Cl)cc2)[C@]1(C#N)c1nnc(-c2ccccc2)o1. The molecule has 0 N–H and O–H groups in total. The fourth-order valence-electron chi connectivity index (χ4n) is 3.50. The van der Waals surface area contributed by atoms with Crippen LogP contribution in [-0.2, 0) is 14.9 Å². The molecule has 2 aromatic carbocycles. The standard InChI is InChI=1S/C20H14ClN3O3/c1-26-18(25)16-15(12-7-9-14(21)10-8-12)20(16,11-22)19-24-23-17(27-19)13-5-3-2-4-6-13/h2-10,15-16H,1H3/t15-,16+,20+/m1/s1. The Bertz CT molecular complexity index is 1030. The minimum Gasteiger partial charge on any atom is -0.469 e. The van der Waals surface area contributed by atoms with E-state index in [1.165, 1.54) is 7.11 Å². The molecule has 1 aromatic heterocycles. The van der Waals surface area contributed by atoms with Crippen molar-refractivity contribution in [2.45, 2.75) is 11.3 Å².